The van der Waals surface area contributed by atoms with Crippen molar-refractivity contribution in [3.05, 3.63) is 22.7 Å². The molecule has 16 heavy (non-hydrogen) atoms. The number of nitrogens with one attached hydrogen (secondary N) is 1. The molecule has 0 aliphatic heterocycles. The first-order chi connectivity index (χ1) is 7.56. The number of anilines is 2. The van der Waals surface area contributed by atoms with Gasteiger partial charge in [0, 0.05) is 24.6 Å². The zero-order valence-corrected chi connectivity index (χ0v) is 11.7. The molecule has 0 saturated heterocycles. The first kappa shape index (κ1) is 11.8. The molecule has 0 atom stereocenters. The maximum Gasteiger partial charge on any atom is 0.0597 e. The van der Waals surface area contributed by atoms with Gasteiger partial charge in [-0.15, -0.1) is 0 Å². The minimum Gasteiger partial charge on any atom is -0.381 e. The van der Waals surface area contributed by atoms with Crippen LogP contribution >= 0.6 is 15.9 Å². The molecule has 1 N–H and O–H groups in total. The predicted molar refractivity (Wildman–Crippen MR) is 74.3 cm³/mol. The van der Waals surface area contributed by atoms with E-state index in [1.165, 1.54) is 24.2 Å². The molecule has 0 aromatic heterocycles. The van der Waals surface area contributed by atoms with Gasteiger partial charge in [-0.3, -0.25) is 0 Å². The zero-order chi connectivity index (χ0) is 11.7. The van der Waals surface area contributed by atoms with Crippen molar-refractivity contribution in [1.82, 2.24) is 0 Å². The fourth-order valence-electron chi connectivity index (χ4n) is 2.25. The number of rotatable bonds is 3. The van der Waals surface area contributed by atoms with Gasteiger partial charge >= 0.3 is 0 Å². The van der Waals surface area contributed by atoms with Gasteiger partial charge in [-0.2, -0.15) is 0 Å². The number of benzene rings is 1. The van der Waals surface area contributed by atoms with E-state index in [0.717, 1.165) is 10.4 Å². The van der Waals surface area contributed by atoms with Gasteiger partial charge in [0.2, 0.25) is 0 Å². The van der Waals surface area contributed by atoms with Crippen LogP contribution in [-0.2, 0) is 0 Å². The van der Waals surface area contributed by atoms with Gasteiger partial charge in [-0.05, 0) is 37.0 Å². The molecule has 0 heterocycles. The molecule has 1 aliphatic rings. The third-order valence-electron chi connectivity index (χ3n) is 3.17. The summed E-state index contributed by atoms with van der Waals surface area (Å²) < 4.78 is 1.13. The lowest BCUT2D eigenvalue weighted by atomic mass is 9.82. The maximum absolute atomic E-state index is 3.63. The van der Waals surface area contributed by atoms with Crippen LogP contribution in [0.5, 0.6) is 0 Å². The topological polar surface area (TPSA) is 15.3 Å². The van der Waals surface area contributed by atoms with Gasteiger partial charge in [-0.25, -0.2) is 0 Å². The van der Waals surface area contributed by atoms with Crippen LogP contribution < -0.4 is 10.2 Å². The highest BCUT2D eigenvalue weighted by Crippen LogP contribution is 2.34. The summed E-state index contributed by atoms with van der Waals surface area (Å²) in [6.07, 6.45) is 2.58. The third-order valence-corrected chi connectivity index (χ3v) is 3.67. The molecule has 1 saturated carbocycles. The van der Waals surface area contributed by atoms with E-state index in [4.69, 9.17) is 0 Å². The zero-order valence-electron chi connectivity index (χ0n) is 10.1. The van der Waals surface area contributed by atoms with Crippen LogP contribution in [0.25, 0.3) is 0 Å². The van der Waals surface area contributed by atoms with E-state index in [1.54, 1.807) is 0 Å². The first-order valence-electron chi connectivity index (χ1n) is 5.79. The average molecular weight is 283 g/mol. The van der Waals surface area contributed by atoms with Crippen molar-refractivity contribution < 1.29 is 0 Å². The van der Waals surface area contributed by atoms with Crippen LogP contribution in [0.2, 0.25) is 0 Å². The Kier molecular flexibility index (Phi) is 3.43. The van der Waals surface area contributed by atoms with E-state index in [1.807, 2.05) is 0 Å². The molecule has 0 radical (unpaired) electrons. The minimum absolute atomic E-state index is 0.656. The first-order valence-corrected chi connectivity index (χ1v) is 6.59. The second-order valence-electron chi connectivity index (χ2n) is 4.97. The standard InChI is InChI=1S/C13H19BrN2/c1-9-6-11(7-9)15-12-8-10(14)4-5-13(12)16(2)3/h4-5,8-9,11,15H,6-7H2,1-3H3. The molecule has 1 aromatic rings. The summed E-state index contributed by atoms with van der Waals surface area (Å²) in [4.78, 5) is 2.15. The van der Waals surface area contributed by atoms with E-state index in [9.17, 15) is 0 Å². The van der Waals surface area contributed by atoms with Crippen molar-refractivity contribution in [2.75, 3.05) is 24.3 Å². The molecule has 1 aliphatic carbocycles. The number of hydrogen-bond acceptors (Lipinski definition) is 2. The SMILES string of the molecule is CC1CC(Nc2cc(Br)ccc2N(C)C)C1. The monoisotopic (exact) mass is 282 g/mol. The molecule has 1 fully saturated rings. The normalized spacial score (nSPS) is 23.8. The van der Waals surface area contributed by atoms with Gasteiger partial charge < -0.3 is 10.2 Å². The molecule has 2 nitrogen and oxygen atoms in total. The third kappa shape index (κ3) is 2.51. The lowest BCUT2D eigenvalue weighted by Gasteiger charge is -2.35. The van der Waals surface area contributed by atoms with Crippen LogP contribution in [0.15, 0.2) is 22.7 Å². The molecular formula is C13H19BrN2. The van der Waals surface area contributed by atoms with Crippen LogP contribution in [0, 0.1) is 5.92 Å². The van der Waals surface area contributed by atoms with Crippen LogP contribution in [0.1, 0.15) is 19.8 Å². The van der Waals surface area contributed by atoms with Crippen molar-refractivity contribution in [2.24, 2.45) is 5.92 Å². The molecule has 1 aromatic carbocycles. The summed E-state index contributed by atoms with van der Waals surface area (Å²) in [5, 5.41) is 3.63. The van der Waals surface area contributed by atoms with Crippen molar-refractivity contribution in [3.8, 4) is 0 Å². The highest BCUT2D eigenvalue weighted by atomic mass is 79.9. The Balaban J connectivity index is 2.14. The Labute approximate surface area is 106 Å². The molecule has 88 valence electrons. The molecule has 0 spiro atoms. The van der Waals surface area contributed by atoms with Crippen LogP contribution in [0.4, 0.5) is 11.4 Å². The average Bonchev–Trinajstić information content (AvgIpc) is 2.15. The number of nitrogens with zero attached hydrogens (tertiary/aromatic N) is 1. The molecule has 0 unspecified atom stereocenters. The fourth-order valence-corrected chi connectivity index (χ4v) is 2.62. The molecule has 2 rings (SSSR count). The Bertz CT molecular complexity index is 370. The van der Waals surface area contributed by atoms with Crippen LogP contribution in [-0.4, -0.2) is 20.1 Å². The Morgan fingerprint density at radius 2 is 2.00 bits per heavy atom. The van der Waals surface area contributed by atoms with E-state index in [2.05, 4.69) is 65.4 Å². The number of halogens is 1. The maximum atomic E-state index is 3.63. The number of hydrogen-bond donors (Lipinski definition) is 1. The quantitative estimate of drug-likeness (QED) is 0.909. The van der Waals surface area contributed by atoms with Crippen molar-refractivity contribution in [1.29, 1.82) is 0 Å². The lowest BCUT2D eigenvalue weighted by Crippen LogP contribution is -2.34. The largest absolute Gasteiger partial charge is 0.381 e. The fraction of sp³-hybridized carbons (Fsp3) is 0.538. The van der Waals surface area contributed by atoms with E-state index >= 15 is 0 Å². The molecule has 3 heteroatoms. The second kappa shape index (κ2) is 4.66. The van der Waals surface area contributed by atoms with E-state index < -0.39 is 0 Å². The summed E-state index contributed by atoms with van der Waals surface area (Å²) >= 11 is 3.53. The van der Waals surface area contributed by atoms with Gasteiger partial charge in [0.15, 0.2) is 0 Å². The summed E-state index contributed by atoms with van der Waals surface area (Å²) in [5.41, 5.74) is 2.49. The Morgan fingerprint density at radius 1 is 1.31 bits per heavy atom. The second-order valence-corrected chi connectivity index (χ2v) is 5.89. The molecule has 0 amide bonds. The van der Waals surface area contributed by atoms with Gasteiger partial charge in [-0.1, -0.05) is 22.9 Å². The van der Waals surface area contributed by atoms with Crippen LogP contribution in [0.3, 0.4) is 0 Å². The van der Waals surface area contributed by atoms with Gasteiger partial charge in [0.1, 0.15) is 0 Å². The van der Waals surface area contributed by atoms with Crippen molar-refractivity contribution in [2.45, 2.75) is 25.8 Å². The van der Waals surface area contributed by atoms with Gasteiger partial charge in [0.25, 0.3) is 0 Å². The van der Waals surface area contributed by atoms with Crippen molar-refractivity contribution >= 4 is 27.3 Å². The molecule has 0 bridgehead atoms. The van der Waals surface area contributed by atoms with E-state index in [-0.39, 0.29) is 0 Å². The van der Waals surface area contributed by atoms with Gasteiger partial charge in [0.05, 0.1) is 11.4 Å². The van der Waals surface area contributed by atoms with Crippen molar-refractivity contribution in [3.63, 3.8) is 0 Å². The summed E-state index contributed by atoms with van der Waals surface area (Å²) in [5.74, 6) is 0.882. The summed E-state index contributed by atoms with van der Waals surface area (Å²) in [6, 6.07) is 7.06. The predicted octanol–water partition coefficient (Wildman–Crippen LogP) is 3.73. The smallest absolute Gasteiger partial charge is 0.0597 e. The molecular weight excluding hydrogens is 264 g/mol. The van der Waals surface area contributed by atoms with E-state index in [0.29, 0.717) is 6.04 Å². The Hall–Kier alpha value is -0.700. The summed E-state index contributed by atoms with van der Waals surface area (Å²) in [6.45, 7) is 2.31. The summed E-state index contributed by atoms with van der Waals surface area (Å²) in [7, 11) is 4.16. The highest BCUT2D eigenvalue weighted by molar-refractivity contribution is 9.10. The minimum atomic E-state index is 0.656. The lowest BCUT2D eigenvalue weighted by molar-refractivity contribution is 0.309. The highest BCUT2D eigenvalue weighted by Gasteiger charge is 2.25. The Morgan fingerprint density at radius 3 is 2.56 bits per heavy atom.